The van der Waals surface area contributed by atoms with Crippen LogP contribution in [-0.2, 0) is 4.74 Å². The second-order valence-corrected chi connectivity index (χ2v) is 7.83. The van der Waals surface area contributed by atoms with Gasteiger partial charge in [-0.1, -0.05) is 36.8 Å². The molecule has 156 valence electrons. The van der Waals surface area contributed by atoms with E-state index in [4.69, 9.17) is 4.74 Å². The lowest BCUT2D eigenvalue weighted by molar-refractivity contribution is 0.0170. The molecule has 0 saturated carbocycles. The molecular formula is C22H37N5O. The molecule has 0 aliphatic carbocycles. The second-order valence-electron chi connectivity index (χ2n) is 7.83. The number of aryl methyl sites for hydroxylation is 1. The molecule has 2 aliphatic heterocycles. The van der Waals surface area contributed by atoms with Gasteiger partial charge in [0.05, 0.1) is 19.3 Å². The number of aliphatic imine (C=N–C) groups is 1. The van der Waals surface area contributed by atoms with Gasteiger partial charge in [-0.15, -0.1) is 0 Å². The first kappa shape index (κ1) is 21.1. The summed E-state index contributed by atoms with van der Waals surface area (Å²) in [4.78, 5) is 9.53. The van der Waals surface area contributed by atoms with Crippen LogP contribution in [-0.4, -0.2) is 81.3 Å². The number of ether oxygens (including phenoxy) is 1. The number of likely N-dealkylation sites (N-methyl/N-ethyl adjacent to an activating group) is 1. The Balaban J connectivity index is 1.58. The summed E-state index contributed by atoms with van der Waals surface area (Å²) in [6.45, 7) is 12.1. The zero-order valence-corrected chi connectivity index (χ0v) is 17.8. The van der Waals surface area contributed by atoms with Gasteiger partial charge in [0.1, 0.15) is 0 Å². The van der Waals surface area contributed by atoms with E-state index in [-0.39, 0.29) is 0 Å². The molecule has 0 amide bonds. The first-order valence-electron chi connectivity index (χ1n) is 10.8. The van der Waals surface area contributed by atoms with Gasteiger partial charge in [-0.2, -0.15) is 0 Å². The molecule has 1 aromatic rings. The molecular weight excluding hydrogens is 350 g/mol. The monoisotopic (exact) mass is 387 g/mol. The maximum absolute atomic E-state index is 5.57. The molecule has 0 aromatic heterocycles. The van der Waals surface area contributed by atoms with Crippen molar-refractivity contribution in [2.75, 3.05) is 59.5 Å². The first-order valence-corrected chi connectivity index (χ1v) is 10.8. The zero-order valence-electron chi connectivity index (χ0n) is 17.8. The van der Waals surface area contributed by atoms with E-state index in [1.807, 2.05) is 7.05 Å². The van der Waals surface area contributed by atoms with Crippen LogP contribution in [0.25, 0.3) is 0 Å². The Morgan fingerprint density at radius 1 is 1.18 bits per heavy atom. The number of likely N-dealkylation sites (tertiary alicyclic amines) is 1. The Labute approximate surface area is 170 Å². The Bertz CT molecular complexity index is 612. The topological polar surface area (TPSA) is 52.1 Å². The second kappa shape index (κ2) is 10.8. The van der Waals surface area contributed by atoms with Gasteiger partial charge in [0, 0.05) is 39.3 Å². The summed E-state index contributed by atoms with van der Waals surface area (Å²) in [6.07, 6.45) is 2.58. The van der Waals surface area contributed by atoms with Crippen molar-refractivity contribution in [1.82, 2.24) is 20.4 Å². The van der Waals surface area contributed by atoms with Crippen LogP contribution in [0.4, 0.5) is 0 Å². The fraction of sp³-hybridized carbons (Fsp3) is 0.682. The van der Waals surface area contributed by atoms with Crippen LogP contribution in [0.2, 0.25) is 0 Å². The van der Waals surface area contributed by atoms with E-state index in [1.165, 1.54) is 30.5 Å². The van der Waals surface area contributed by atoms with E-state index in [9.17, 15) is 0 Å². The van der Waals surface area contributed by atoms with Crippen molar-refractivity contribution in [2.45, 2.75) is 38.8 Å². The molecule has 2 fully saturated rings. The molecule has 2 saturated heterocycles. The van der Waals surface area contributed by atoms with E-state index in [1.54, 1.807) is 0 Å². The third kappa shape index (κ3) is 5.69. The molecule has 28 heavy (non-hydrogen) atoms. The fourth-order valence-electron chi connectivity index (χ4n) is 4.31. The largest absolute Gasteiger partial charge is 0.379 e. The maximum atomic E-state index is 5.57. The van der Waals surface area contributed by atoms with E-state index in [0.29, 0.717) is 12.1 Å². The van der Waals surface area contributed by atoms with Crippen LogP contribution >= 0.6 is 0 Å². The van der Waals surface area contributed by atoms with Gasteiger partial charge in [0.2, 0.25) is 0 Å². The number of hydrogen-bond donors (Lipinski definition) is 2. The van der Waals surface area contributed by atoms with Gasteiger partial charge >= 0.3 is 0 Å². The quantitative estimate of drug-likeness (QED) is 0.554. The molecule has 3 rings (SSSR count). The Morgan fingerprint density at radius 2 is 1.93 bits per heavy atom. The minimum absolute atomic E-state index is 0.321. The van der Waals surface area contributed by atoms with Crippen LogP contribution in [0, 0.1) is 6.92 Å². The number of nitrogens with one attached hydrogen (secondary N) is 2. The van der Waals surface area contributed by atoms with E-state index in [2.05, 4.69) is 63.5 Å². The number of benzene rings is 1. The molecule has 2 aliphatic rings. The smallest absolute Gasteiger partial charge is 0.191 e. The summed E-state index contributed by atoms with van der Waals surface area (Å²) in [5.41, 5.74) is 2.65. The predicted octanol–water partition coefficient (Wildman–Crippen LogP) is 2.02. The molecule has 2 atom stereocenters. The Hall–Kier alpha value is -1.63. The average molecular weight is 388 g/mol. The highest BCUT2D eigenvalue weighted by Crippen LogP contribution is 2.22. The first-order chi connectivity index (χ1) is 13.7. The summed E-state index contributed by atoms with van der Waals surface area (Å²) in [5.74, 6) is 0.897. The van der Waals surface area contributed by atoms with Crippen LogP contribution in [0.1, 0.15) is 36.9 Å². The molecule has 2 N–H and O–H groups in total. The number of hydrogen-bond acceptors (Lipinski definition) is 4. The van der Waals surface area contributed by atoms with Gasteiger partial charge in [0.15, 0.2) is 5.96 Å². The SMILES string of the molecule is CCN1CCCC1CNC(=NC)NCC(c1ccc(C)cc1)N1CCOCC1. The van der Waals surface area contributed by atoms with Gasteiger partial charge < -0.3 is 15.4 Å². The van der Waals surface area contributed by atoms with Crippen molar-refractivity contribution in [3.8, 4) is 0 Å². The highest BCUT2D eigenvalue weighted by Gasteiger charge is 2.24. The fourth-order valence-corrected chi connectivity index (χ4v) is 4.31. The standard InChI is InChI=1S/C22H37N5O/c1-4-26-11-5-6-20(26)16-24-22(23-3)25-17-21(27-12-14-28-15-13-27)19-9-7-18(2)8-10-19/h7-10,20-21H,4-6,11-17H2,1-3H3,(H2,23,24,25). The summed E-state index contributed by atoms with van der Waals surface area (Å²) in [6, 6.07) is 9.86. The lowest BCUT2D eigenvalue weighted by Crippen LogP contribution is -2.48. The molecule has 0 spiro atoms. The summed E-state index contributed by atoms with van der Waals surface area (Å²) in [7, 11) is 1.86. The van der Waals surface area contributed by atoms with E-state index < -0.39 is 0 Å². The molecule has 6 nitrogen and oxygen atoms in total. The summed E-state index contributed by atoms with van der Waals surface area (Å²) in [5, 5.41) is 7.12. The van der Waals surface area contributed by atoms with Crippen molar-refractivity contribution in [2.24, 2.45) is 4.99 Å². The van der Waals surface area contributed by atoms with Crippen molar-refractivity contribution in [1.29, 1.82) is 0 Å². The van der Waals surface area contributed by atoms with Crippen molar-refractivity contribution >= 4 is 5.96 Å². The third-order valence-electron chi connectivity index (χ3n) is 6.05. The Kier molecular flexibility index (Phi) is 8.13. The van der Waals surface area contributed by atoms with Crippen LogP contribution in [0.5, 0.6) is 0 Å². The van der Waals surface area contributed by atoms with E-state index >= 15 is 0 Å². The summed E-state index contributed by atoms with van der Waals surface area (Å²) >= 11 is 0. The number of rotatable bonds is 7. The van der Waals surface area contributed by atoms with Crippen LogP contribution in [0.3, 0.4) is 0 Å². The van der Waals surface area contributed by atoms with Gasteiger partial charge in [0.25, 0.3) is 0 Å². The van der Waals surface area contributed by atoms with Gasteiger partial charge in [-0.25, -0.2) is 0 Å². The molecule has 2 unspecified atom stereocenters. The van der Waals surface area contributed by atoms with Gasteiger partial charge in [-0.05, 0) is 38.4 Å². The van der Waals surface area contributed by atoms with Crippen molar-refractivity contribution in [3.63, 3.8) is 0 Å². The van der Waals surface area contributed by atoms with E-state index in [0.717, 1.165) is 51.9 Å². The molecule has 1 aromatic carbocycles. The predicted molar refractivity (Wildman–Crippen MR) is 116 cm³/mol. The van der Waals surface area contributed by atoms with Gasteiger partial charge in [-0.3, -0.25) is 14.8 Å². The van der Waals surface area contributed by atoms with Crippen LogP contribution < -0.4 is 10.6 Å². The molecule has 0 radical (unpaired) electrons. The summed E-state index contributed by atoms with van der Waals surface area (Å²) < 4.78 is 5.57. The maximum Gasteiger partial charge on any atom is 0.191 e. The lowest BCUT2D eigenvalue weighted by Gasteiger charge is -2.35. The highest BCUT2D eigenvalue weighted by atomic mass is 16.5. The molecule has 6 heteroatoms. The molecule has 0 bridgehead atoms. The number of guanidine groups is 1. The van der Waals surface area contributed by atoms with Crippen molar-refractivity contribution < 1.29 is 4.74 Å². The third-order valence-corrected chi connectivity index (χ3v) is 6.05. The number of morpholine rings is 1. The number of nitrogens with zero attached hydrogens (tertiary/aromatic N) is 3. The highest BCUT2D eigenvalue weighted by molar-refractivity contribution is 5.79. The zero-order chi connectivity index (χ0) is 19.8. The normalized spacial score (nSPS) is 23.0. The van der Waals surface area contributed by atoms with Crippen LogP contribution in [0.15, 0.2) is 29.3 Å². The lowest BCUT2D eigenvalue weighted by atomic mass is 10.0. The minimum atomic E-state index is 0.321. The Morgan fingerprint density at radius 3 is 2.61 bits per heavy atom. The van der Waals surface area contributed by atoms with Crippen molar-refractivity contribution in [3.05, 3.63) is 35.4 Å². The molecule has 2 heterocycles. The minimum Gasteiger partial charge on any atom is -0.379 e. The average Bonchev–Trinajstić information content (AvgIpc) is 3.20.